The van der Waals surface area contributed by atoms with Crippen LogP contribution in [0.1, 0.15) is 52.4 Å². The molecule has 4 aliphatic carbocycles. The van der Waals surface area contributed by atoms with E-state index >= 15 is 0 Å². The molecule has 132 valence electrons. The molecule has 2 unspecified atom stereocenters. The van der Waals surface area contributed by atoms with E-state index in [2.05, 4.69) is 31.3 Å². The first kappa shape index (κ1) is 16.2. The molecule has 0 aromatic heterocycles. The Labute approximate surface area is 144 Å². The molecule has 2 fully saturated rings. The van der Waals surface area contributed by atoms with Gasteiger partial charge in [0.25, 0.3) is 0 Å². The Balaban J connectivity index is 1.64. The lowest BCUT2D eigenvalue weighted by molar-refractivity contribution is -0.0154. The average Bonchev–Trinajstić information content (AvgIpc) is 2.84. The first-order chi connectivity index (χ1) is 11.3. The van der Waals surface area contributed by atoms with Crippen LogP contribution in [-0.4, -0.2) is 28.5 Å². The van der Waals surface area contributed by atoms with Crippen molar-refractivity contribution >= 4 is 6.09 Å². The van der Waals surface area contributed by atoms with E-state index < -0.39 is 6.09 Å². The Kier molecular flexibility index (Phi) is 3.61. The number of allylic oxidation sites excluding steroid dienone is 2. The smallest absolute Gasteiger partial charge is 0.404 e. The van der Waals surface area contributed by atoms with Crippen molar-refractivity contribution in [1.82, 2.24) is 5.32 Å². The minimum absolute atomic E-state index is 0.0851. The van der Waals surface area contributed by atoms with E-state index in [-0.39, 0.29) is 23.0 Å². The van der Waals surface area contributed by atoms with Crippen molar-refractivity contribution in [2.45, 2.75) is 64.5 Å². The molecule has 0 aromatic rings. The zero-order valence-corrected chi connectivity index (χ0v) is 14.7. The van der Waals surface area contributed by atoms with Crippen molar-refractivity contribution < 1.29 is 15.0 Å². The Morgan fingerprint density at radius 3 is 2.79 bits per heavy atom. The third-order valence-electron chi connectivity index (χ3n) is 7.93. The predicted molar refractivity (Wildman–Crippen MR) is 92.6 cm³/mol. The Morgan fingerprint density at radius 2 is 2.04 bits per heavy atom. The zero-order chi connectivity index (χ0) is 17.1. The molecule has 4 nitrogen and oxygen atoms in total. The lowest BCUT2D eigenvalue weighted by Gasteiger charge is -2.56. The third-order valence-corrected chi connectivity index (χ3v) is 7.93. The van der Waals surface area contributed by atoms with Gasteiger partial charge in [-0.05, 0) is 61.7 Å². The van der Waals surface area contributed by atoms with Gasteiger partial charge in [0.15, 0.2) is 0 Å². The van der Waals surface area contributed by atoms with Crippen molar-refractivity contribution in [3.8, 4) is 0 Å². The van der Waals surface area contributed by atoms with E-state index in [1.54, 1.807) is 0 Å². The van der Waals surface area contributed by atoms with Crippen LogP contribution in [0.2, 0.25) is 0 Å². The number of aliphatic hydroxyl groups is 1. The summed E-state index contributed by atoms with van der Waals surface area (Å²) in [6, 6.07) is 0.0999. The molecular weight excluding hydrogens is 302 g/mol. The maximum atomic E-state index is 11.2. The molecular formula is C20H29NO3. The minimum Gasteiger partial charge on any atom is -0.465 e. The summed E-state index contributed by atoms with van der Waals surface area (Å²) in [7, 11) is 0. The van der Waals surface area contributed by atoms with Crippen molar-refractivity contribution in [2.24, 2.45) is 28.6 Å². The molecule has 0 radical (unpaired) electrons. The van der Waals surface area contributed by atoms with Crippen molar-refractivity contribution in [3.63, 3.8) is 0 Å². The van der Waals surface area contributed by atoms with Gasteiger partial charge < -0.3 is 15.5 Å². The van der Waals surface area contributed by atoms with Gasteiger partial charge in [-0.2, -0.15) is 0 Å². The van der Waals surface area contributed by atoms with E-state index in [0.29, 0.717) is 17.8 Å². The number of carbonyl (C=O) groups is 1. The lowest BCUT2D eigenvalue weighted by Crippen LogP contribution is -2.53. The highest BCUT2D eigenvalue weighted by molar-refractivity contribution is 5.65. The average molecular weight is 331 g/mol. The highest BCUT2D eigenvalue weighted by Crippen LogP contribution is 2.63. The third kappa shape index (κ3) is 2.18. The summed E-state index contributed by atoms with van der Waals surface area (Å²) < 4.78 is 0. The molecule has 7 atom stereocenters. The van der Waals surface area contributed by atoms with Gasteiger partial charge in [-0.3, -0.25) is 0 Å². The van der Waals surface area contributed by atoms with Gasteiger partial charge in [0.2, 0.25) is 0 Å². The fraction of sp³-hybridized carbons (Fsp3) is 0.750. The first-order valence-corrected chi connectivity index (χ1v) is 9.41. The highest BCUT2D eigenvalue weighted by Gasteiger charge is 2.58. The molecule has 0 saturated heterocycles. The topological polar surface area (TPSA) is 69.6 Å². The van der Waals surface area contributed by atoms with E-state index in [9.17, 15) is 15.0 Å². The molecule has 4 heteroatoms. The summed E-state index contributed by atoms with van der Waals surface area (Å²) in [5.41, 5.74) is 1.60. The number of aliphatic hydroxyl groups excluding tert-OH is 1. The molecule has 0 aliphatic heterocycles. The van der Waals surface area contributed by atoms with Crippen LogP contribution < -0.4 is 5.32 Å². The normalized spacial score (nSPS) is 49.6. The molecule has 0 heterocycles. The Hall–Kier alpha value is -1.29. The van der Waals surface area contributed by atoms with Crippen molar-refractivity contribution in [2.75, 3.05) is 0 Å². The highest BCUT2D eigenvalue weighted by atomic mass is 16.4. The van der Waals surface area contributed by atoms with Crippen LogP contribution in [0, 0.1) is 28.6 Å². The monoisotopic (exact) mass is 331 g/mol. The van der Waals surface area contributed by atoms with E-state index in [1.807, 2.05) is 6.08 Å². The predicted octanol–water partition coefficient (Wildman–Crippen LogP) is 3.72. The largest absolute Gasteiger partial charge is 0.465 e. The Bertz CT molecular complexity index is 612. The number of fused-ring (bicyclic) bond motifs is 5. The van der Waals surface area contributed by atoms with Gasteiger partial charge in [-0.15, -0.1) is 0 Å². The summed E-state index contributed by atoms with van der Waals surface area (Å²) in [5.74, 6) is 1.86. The standard InChI is InChI=1S/C20H29NO3/c1-19-9-7-13(22)11-12(19)3-4-14-15-5-6-17(21-18(23)24)20(15,2)10-8-16(14)19/h3,7,9,13-17,21-22H,4-6,8,10-11H2,1-2H3,(H,23,24)/t13?,14-,15-,16+,17?,19-,20-/m0/s1. The number of hydrogen-bond donors (Lipinski definition) is 3. The molecule has 24 heavy (non-hydrogen) atoms. The minimum atomic E-state index is -0.883. The fourth-order valence-electron chi connectivity index (χ4n) is 6.62. The van der Waals surface area contributed by atoms with Crippen LogP contribution in [0.5, 0.6) is 0 Å². The van der Waals surface area contributed by atoms with Crippen LogP contribution in [-0.2, 0) is 0 Å². The SMILES string of the molecule is C[C@]12C=CC(O)CC1=CC[C@@H]1[C@H]2CC[C@]2(C)C(NC(=O)O)CC[C@@H]12. The van der Waals surface area contributed by atoms with Crippen LogP contribution >= 0.6 is 0 Å². The van der Waals surface area contributed by atoms with Gasteiger partial charge in [-0.25, -0.2) is 4.79 Å². The zero-order valence-electron chi connectivity index (χ0n) is 14.7. The number of carboxylic acid groups (broad SMARTS) is 1. The molecule has 0 spiro atoms. The van der Waals surface area contributed by atoms with Crippen LogP contribution in [0.25, 0.3) is 0 Å². The molecule has 0 bridgehead atoms. The number of rotatable bonds is 1. The second-order valence-corrected chi connectivity index (χ2v) is 8.88. The second-order valence-electron chi connectivity index (χ2n) is 8.88. The molecule has 0 aromatic carbocycles. The first-order valence-electron chi connectivity index (χ1n) is 9.41. The maximum Gasteiger partial charge on any atom is 0.404 e. The van der Waals surface area contributed by atoms with Gasteiger partial charge in [0.1, 0.15) is 0 Å². The molecule has 3 N–H and O–H groups in total. The van der Waals surface area contributed by atoms with E-state index in [4.69, 9.17) is 0 Å². The Morgan fingerprint density at radius 1 is 1.25 bits per heavy atom. The quantitative estimate of drug-likeness (QED) is 0.641. The molecule has 4 aliphatic rings. The van der Waals surface area contributed by atoms with E-state index in [1.165, 1.54) is 5.57 Å². The summed E-state index contributed by atoms with van der Waals surface area (Å²) >= 11 is 0. The van der Waals surface area contributed by atoms with Gasteiger partial charge >= 0.3 is 6.09 Å². The second kappa shape index (κ2) is 5.35. The van der Waals surface area contributed by atoms with Crippen LogP contribution in [0.15, 0.2) is 23.8 Å². The number of nitrogens with one attached hydrogen (secondary N) is 1. The molecule has 4 rings (SSSR count). The van der Waals surface area contributed by atoms with Gasteiger partial charge in [0, 0.05) is 11.5 Å². The molecule has 1 amide bonds. The summed E-state index contributed by atoms with van der Waals surface area (Å²) in [6.45, 7) is 4.66. The maximum absolute atomic E-state index is 11.2. The molecule has 2 saturated carbocycles. The fourth-order valence-corrected chi connectivity index (χ4v) is 6.62. The van der Waals surface area contributed by atoms with Crippen LogP contribution in [0.4, 0.5) is 4.79 Å². The van der Waals surface area contributed by atoms with E-state index in [0.717, 1.165) is 38.5 Å². The summed E-state index contributed by atoms with van der Waals surface area (Å²) in [6.07, 6.45) is 11.6. The van der Waals surface area contributed by atoms with Crippen molar-refractivity contribution in [3.05, 3.63) is 23.8 Å². The summed E-state index contributed by atoms with van der Waals surface area (Å²) in [5, 5.41) is 22.0. The van der Waals surface area contributed by atoms with Gasteiger partial charge in [0.05, 0.1) is 6.10 Å². The van der Waals surface area contributed by atoms with Gasteiger partial charge in [-0.1, -0.05) is 37.6 Å². The van der Waals surface area contributed by atoms with Crippen LogP contribution in [0.3, 0.4) is 0 Å². The lowest BCUT2D eigenvalue weighted by atomic mass is 9.49. The number of hydrogen-bond acceptors (Lipinski definition) is 2. The summed E-state index contributed by atoms with van der Waals surface area (Å²) in [4.78, 5) is 11.2. The van der Waals surface area contributed by atoms with Crippen molar-refractivity contribution in [1.29, 1.82) is 0 Å². The number of amides is 1.